The standard InChI is InChI=1S/C17H14ClN7O/c1-10-14(16(26)21-11-5-4-8-19-9-11)15(12-6-2-3-7-13(12)18)25-17(20-10)22-23-24-25/h2-9,15H,1H3,(H,21,26)(H,20,22,24). The van der Waals surface area contributed by atoms with Crippen molar-refractivity contribution in [2.45, 2.75) is 13.0 Å². The van der Waals surface area contributed by atoms with Crippen LogP contribution in [0.4, 0.5) is 11.6 Å². The maximum absolute atomic E-state index is 13.0. The Kier molecular flexibility index (Phi) is 4.10. The van der Waals surface area contributed by atoms with E-state index in [0.717, 1.165) is 5.56 Å². The van der Waals surface area contributed by atoms with E-state index in [1.54, 1.807) is 42.2 Å². The van der Waals surface area contributed by atoms with Gasteiger partial charge in [-0.1, -0.05) is 34.9 Å². The molecule has 1 unspecified atom stereocenters. The lowest BCUT2D eigenvalue weighted by Crippen LogP contribution is -2.31. The number of nitrogens with one attached hydrogen (secondary N) is 2. The zero-order chi connectivity index (χ0) is 18.1. The van der Waals surface area contributed by atoms with Gasteiger partial charge < -0.3 is 10.6 Å². The van der Waals surface area contributed by atoms with Crippen molar-refractivity contribution >= 4 is 29.1 Å². The summed E-state index contributed by atoms with van der Waals surface area (Å²) < 4.78 is 1.55. The highest BCUT2D eigenvalue weighted by molar-refractivity contribution is 6.31. The summed E-state index contributed by atoms with van der Waals surface area (Å²) in [5.74, 6) is 0.166. The molecule has 9 heteroatoms. The van der Waals surface area contributed by atoms with Crippen molar-refractivity contribution in [2.24, 2.45) is 0 Å². The van der Waals surface area contributed by atoms with Crippen LogP contribution in [0.2, 0.25) is 5.02 Å². The van der Waals surface area contributed by atoms with Crippen LogP contribution in [-0.4, -0.2) is 31.1 Å². The van der Waals surface area contributed by atoms with Gasteiger partial charge in [0, 0.05) is 22.5 Å². The molecule has 26 heavy (non-hydrogen) atoms. The summed E-state index contributed by atoms with van der Waals surface area (Å²) in [5.41, 5.74) is 2.46. The summed E-state index contributed by atoms with van der Waals surface area (Å²) in [7, 11) is 0. The lowest BCUT2D eigenvalue weighted by Gasteiger charge is -2.28. The monoisotopic (exact) mass is 367 g/mol. The summed E-state index contributed by atoms with van der Waals surface area (Å²) in [6.45, 7) is 1.81. The number of halogens is 1. The van der Waals surface area contributed by atoms with Gasteiger partial charge in [-0.3, -0.25) is 9.78 Å². The van der Waals surface area contributed by atoms with Crippen molar-refractivity contribution in [1.29, 1.82) is 0 Å². The molecule has 0 fully saturated rings. The normalized spacial score (nSPS) is 16.0. The Morgan fingerprint density at radius 2 is 2.12 bits per heavy atom. The Balaban J connectivity index is 1.80. The van der Waals surface area contributed by atoms with Gasteiger partial charge in [-0.25, -0.2) is 0 Å². The van der Waals surface area contributed by atoms with Crippen LogP contribution in [0, 0.1) is 0 Å². The second-order valence-corrected chi connectivity index (χ2v) is 6.14. The van der Waals surface area contributed by atoms with E-state index in [1.165, 1.54) is 0 Å². The number of carbonyl (C=O) groups is 1. The largest absolute Gasteiger partial charge is 0.326 e. The maximum Gasteiger partial charge on any atom is 0.255 e. The summed E-state index contributed by atoms with van der Waals surface area (Å²) in [6.07, 6.45) is 3.22. The number of anilines is 2. The van der Waals surface area contributed by atoms with Crippen molar-refractivity contribution in [3.8, 4) is 0 Å². The molecule has 0 saturated carbocycles. The molecule has 0 spiro atoms. The first-order valence-corrected chi connectivity index (χ1v) is 8.24. The predicted molar refractivity (Wildman–Crippen MR) is 96.6 cm³/mol. The number of carbonyl (C=O) groups excluding carboxylic acids is 1. The molecule has 1 atom stereocenters. The number of pyridine rings is 1. The van der Waals surface area contributed by atoms with Gasteiger partial charge in [0.05, 0.1) is 17.5 Å². The fourth-order valence-electron chi connectivity index (χ4n) is 2.93. The topological polar surface area (TPSA) is 97.6 Å². The molecular weight excluding hydrogens is 354 g/mol. The van der Waals surface area contributed by atoms with Crippen LogP contribution in [0.15, 0.2) is 60.1 Å². The first-order valence-electron chi connectivity index (χ1n) is 7.86. The van der Waals surface area contributed by atoms with Gasteiger partial charge in [0.25, 0.3) is 5.91 Å². The molecule has 0 aliphatic carbocycles. The third-order valence-corrected chi connectivity index (χ3v) is 4.42. The minimum Gasteiger partial charge on any atom is -0.326 e. The Bertz CT molecular complexity index is 999. The summed E-state index contributed by atoms with van der Waals surface area (Å²) in [5, 5.41) is 18.2. The number of allylic oxidation sites excluding steroid dienone is 1. The quantitative estimate of drug-likeness (QED) is 0.738. The molecular formula is C17H14ClN7O. The number of rotatable bonds is 3. The summed E-state index contributed by atoms with van der Waals surface area (Å²) in [6, 6.07) is 10.3. The number of aromatic nitrogens is 5. The number of tetrazole rings is 1. The highest BCUT2D eigenvalue weighted by Crippen LogP contribution is 2.37. The Morgan fingerprint density at radius 1 is 1.27 bits per heavy atom. The fourth-order valence-corrected chi connectivity index (χ4v) is 3.17. The van der Waals surface area contributed by atoms with Crippen molar-refractivity contribution < 1.29 is 4.79 Å². The summed E-state index contributed by atoms with van der Waals surface area (Å²) >= 11 is 6.40. The van der Waals surface area contributed by atoms with Crippen LogP contribution in [0.3, 0.4) is 0 Å². The zero-order valence-electron chi connectivity index (χ0n) is 13.7. The van der Waals surface area contributed by atoms with E-state index >= 15 is 0 Å². The molecule has 130 valence electrons. The molecule has 3 heterocycles. The number of fused-ring (bicyclic) bond motifs is 1. The van der Waals surface area contributed by atoms with Crippen molar-refractivity contribution in [2.75, 3.05) is 10.6 Å². The second-order valence-electron chi connectivity index (χ2n) is 5.73. The number of benzene rings is 1. The third kappa shape index (κ3) is 2.80. The Labute approximate surface area is 153 Å². The first kappa shape index (κ1) is 16.2. The van der Waals surface area contributed by atoms with E-state index in [0.29, 0.717) is 27.9 Å². The molecule has 0 bridgehead atoms. The second kappa shape index (κ2) is 6.57. The van der Waals surface area contributed by atoms with Gasteiger partial charge in [-0.15, -0.1) is 0 Å². The molecule has 0 saturated heterocycles. The molecule has 1 aliphatic heterocycles. The fraction of sp³-hybridized carbons (Fsp3) is 0.118. The van der Waals surface area contributed by atoms with Crippen LogP contribution in [0.1, 0.15) is 18.5 Å². The molecule has 2 aromatic heterocycles. The van der Waals surface area contributed by atoms with E-state index in [-0.39, 0.29) is 5.91 Å². The summed E-state index contributed by atoms with van der Waals surface area (Å²) in [4.78, 5) is 17.1. The van der Waals surface area contributed by atoms with Gasteiger partial charge in [0.2, 0.25) is 5.95 Å². The van der Waals surface area contributed by atoms with E-state index in [4.69, 9.17) is 11.6 Å². The lowest BCUT2D eigenvalue weighted by atomic mass is 9.95. The highest BCUT2D eigenvalue weighted by Gasteiger charge is 2.35. The first-order chi connectivity index (χ1) is 12.6. The molecule has 0 radical (unpaired) electrons. The minimum atomic E-state index is -0.549. The van der Waals surface area contributed by atoms with Gasteiger partial charge >= 0.3 is 0 Å². The average molecular weight is 368 g/mol. The number of amides is 1. The van der Waals surface area contributed by atoms with Crippen LogP contribution >= 0.6 is 11.6 Å². The smallest absolute Gasteiger partial charge is 0.255 e. The minimum absolute atomic E-state index is 0.283. The maximum atomic E-state index is 13.0. The molecule has 1 aromatic carbocycles. The molecule has 2 N–H and O–H groups in total. The molecule has 1 aliphatic rings. The highest BCUT2D eigenvalue weighted by atomic mass is 35.5. The predicted octanol–water partition coefficient (Wildman–Crippen LogP) is 2.65. The molecule has 4 rings (SSSR count). The number of nitrogens with zero attached hydrogens (tertiary/aromatic N) is 5. The van der Waals surface area contributed by atoms with Crippen LogP contribution in [0.5, 0.6) is 0 Å². The van der Waals surface area contributed by atoms with Crippen LogP contribution in [-0.2, 0) is 4.79 Å². The van der Waals surface area contributed by atoms with Crippen LogP contribution < -0.4 is 10.6 Å². The average Bonchev–Trinajstić information content (AvgIpc) is 3.10. The van der Waals surface area contributed by atoms with E-state index < -0.39 is 6.04 Å². The van der Waals surface area contributed by atoms with Crippen molar-refractivity contribution in [1.82, 2.24) is 25.2 Å². The molecule has 8 nitrogen and oxygen atoms in total. The lowest BCUT2D eigenvalue weighted by molar-refractivity contribution is -0.113. The van der Waals surface area contributed by atoms with Crippen molar-refractivity contribution in [3.05, 3.63) is 70.6 Å². The molecule has 1 amide bonds. The number of hydrogen-bond acceptors (Lipinski definition) is 6. The van der Waals surface area contributed by atoms with Gasteiger partial charge in [-0.05, 0) is 35.5 Å². The zero-order valence-corrected chi connectivity index (χ0v) is 14.5. The van der Waals surface area contributed by atoms with Gasteiger partial charge in [0.15, 0.2) is 0 Å². The van der Waals surface area contributed by atoms with Gasteiger partial charge in [0.1, 0.15) is 6.04 Å². The van der Waals surface area contributed by atoms with Gasteiger partial charge in [-0.2, -0.15) is 4.68 Å². The molecule has 3 aromatic rings. The third-order valence-electron chi connectivity index (χ3n) is 4.08. The van der Waals surface area contributed by atoms with Crippen LogP contribution in [0.25, 0.3) is 0 Å². The Morgan fingerprint density at radius 3 is 2.88 bits per heavy atom. The van der Waals surface area contributed by atoms with E-state index in [2.05, 4.69) is 31.1 Å². The Hall–Kier alpha value is -3.26. The van der Waals surface area contributed by atoms with E-state index in [9.17, 15) is 4.79 Å². The van der Waals surface area contributed by atoms with E-state index in [1.807, 2.05) is 18.2 Å². The SMILES string of the molecule is CC1=C(C(=O)Nc2cccnc2)C(c2ccccc2Cl)n2nnnc2N1. The number of hydrogen-bond donors (Lipinski definition) is 2. The van der Waals surface area contributed by atoms with Crippen molar-refractivity contribution in [3.63, 3.8) is 0 Å².